The van der Waals surface area contributed by atoms with E-state index in [0.29, 0.717) is 12.2 Å². The molecule has 0 spiro atoms. The number of rotatable bonds is 5. The maximum atomic E-state index is 13.6. The molecule has 0 saturated heterocycles. The zero-order valence-corrected chi connectivity index (χ0v) is 12.6. The molecule has 0 N–H and O–H groups in total. The van der Waals surface area contributed by atoms with Crippen LogP contribution in [-0.4, -0.2) is 27.5 Å². The third-order valence-electron chi connectivity index (χ3n) is 2.52. The van der Waals surface area contributed by atoms with E-state index in [4.69, 9.17) is 4.74 Å². The second kappa shape index (κ2) is 5.90. The van der Waals surface area contributed by atoms with Crippen molar-refractivity contribution in [2.75, 3.05) is 12.9 Å². The molecule has 0 aliphatic rings. The van der Waals surface area contributed by atoms with Crippen LogP contribution in [0.4, 0.5) is 4.39 Å². The third-order valence-corrected chi connectivity index (χ3v) is 3.65. The van der Waals surface area contributed by atoms with Gasteiger partial charge in [-0.3, -0.25) is 0 Å². The Bertz CT molecular complexity index is 500. The highest BCUT2D eigenvalue weighted by Crippen LogP contribution is 2.23. The lowest BCUT2D eigenvalue weighted by molar-refractivity contribution is 0.148. The van der Waals surface area contributed by atoms with Gasteiger partial charge in [-0.15, -0.1) is 0 Å². The molecular formula is C14H21FO3S. The minimum Gasteiger partial charge on any atom is -0.491 e. The normalized spacial score (nSPS) is 14.2. The Morgan fingerprint density at radius 2 is 1.74 bits per heavy atom. The molecule has 108 valence electrons. The van der Waals surface area contributed by atoms with Crippen molar-refractivity contribution in [1.29, 1.82) is 0 Å². The zero-order valence-electron chi connectivity index (χ0n) is 11.8. The lowest BCUT2D eigenvalue weighted by atomic mass is 9.90. The van der Waals surface area contributed by atoms with Crippen molar-refractivity contribution < 1.29 is 17.5 Å². The molecule has 0 heterocycles. The minimum atomic E-state index is -3.20. The van der Waals surface area contributed by atoms with Gasteiger partial charge in [-0.2, -0.15) is 0 Å². The van der Waals surface area contributed by atoms with E-state index in [0.717, 1.165) is 6.26 Å². The van der Waals surface area contributed by atoms with Crippen LogP contribution in [0.15, 0.2) is 29.2 Å². The van der Waals surface area contributed by atoms with Gasteiger partial charge >= 0.3 is 0 Å². The van der Waals surface area contributed by atoms with Crippen molar-refractivity contribution in [3.05, 3.63) is 24.3 Å². The predicted molar refractivity (Wildman–Crippen MR) is 74.0 cm³/mol. The Kier molecular flexibility index (Phi) is 4.96. The Morgan fingerprint density at radius 1 is 1.21 bits per heavy atom. The number of halogens is 1. The molecule has 0 saturated carbocycles. The van der Waals surface area contributed by atoms with E-state index in [9.17, 15) is 12.8 Å². The molecular weight excluding hydrogens is 267 g/mol. The summed E-state index contributed by atoms with van der Waals surface area (Å²) in [5.74, 6) is 0.476. The topological polar surface area (TPSA) is 43.4 Å². The summed E-state index contributed by atoms with van der Waals surface area (Å²) in [4.78, 5) is 0.228. The van der Waals surface area contributed by atoms with E-state index in [1.165, 1.54) is 12.1 Å². The molecule has 0 aliphatic heterocycles. The first kappa shape index (κ1) is 16.0. The van der Waals surface area contributed by atoms with Crippen LogP contribution in [0, 0.1) is 5.41 Å². The van der Waals surface area contributed by atoms with Crippen molar-refractivity contribution in [3.63, 3.8) is 0 Å². The molecule has 0 aliphatic carbocycles. The summed E-state index contributed by atoms with van der Waals surface area (Å²) in [5, 5.41) is 0. The monoisotopic (exact) mass is 288 g/mol. The summed E-state index contributed by atoms with van der Waals surface area (Å²) in [7, 11) is -3.20. The van der Waals surface area contributed by atoms with E-state index in [1.54, 1.807) is 12.1 Å². The first-order valence-corrected chi connectivity index (χ1v) is 8.04. The van der Waals surface area contributed by atoms with Crippen molar-refractivity contribution in [2.45, 2.75) is 38.3 Å². The van der Waals surface area contributed by atoms with Gasteiger partial charge in [0, 0.05) is 6.26 Å². The fraction of sp³-hybridized carbons (Fsp3) is 0.571. The first-order chi connectivity index (χ1) is 8.58. The van der Waals surface area contributed by atoms with Crippen molar-refractivity contribution in [2.24, 2.45) is 5.41 Å². The molecule has 1 rings (SSSR count). The quantitative estimate of drug-likeness (QED) is 0.835. The van der Waals surface area contributed by atoms with Gasteiger partial charge in [0.05, 0.1) is 4.90 Å². The molecule has 0 aromatic heterocycles. The number of hydrogen-bond donors (Lipinski definition) is 0. The summed E-state index contributed by atoms with van der Waals surface area (Å²) in [6, 6.07) is 6.00. The highest BCUT2D eigenvalue weighted by atomic mass is 32.2. The van der Waals surface area contributed by atoms with E-state index >= 15 is 0 Å². The van der Waals surface area contributed by atoms with Gasteiger partial charge in [-0.25, -0.2) is 12.8 Å². The van der Waals surface area contributed by atoms with Crippen LogP contribution in [0.25, 0.3) is 0 Å². The van der Waals surface area contributed by atoms with Gasteiger partial charge < -0.3 is 4.74 Å². The zero-order chi connectivity index (χ0) is 14.7. The maximum Gasteiger partial charge on any atom is 0.175 e. The number of hydrogen-bond acceptors (Lipinski definition) is 3. The molecule has 3 nitrogen and oxygen atoms in total. The fourth-order valence-corrected chi connectivity index (χ4v) is 2.32. The Labute approximate surface area is 114 Å². The van der Waals surface area contributed by atoms with Gasteiger partial charge in [0.15, 0.2) is 9.84 Å². The summed E-state index contributed by atoms with van der Waals surface area (Å²) in [5.41, 5.74) is -0.0804. The molecule has 0 unspecified atom stereocenters. The standard InChI is InChI=1S/C14H21FO3S/c1-14(2,3)9-11(15)10-18-12-5-7-13(8-6-12)19(4,16)17/h5-8,11H,9-10H2,1-4H3/t11-/m0/s1. The van der Waals surface area contributed by atoms with Crippen molar-refractivity contribution in [1.82, 2.24) is 0 Å². The third kappa shape index (κ3) is 6.05. The number of alkyl halides is 1. The average Bonchev–Trinajstić information content (AvgIpc) is 2.23. The van der Waals surface area contributed by atoms with E-state index in [2.05, 4.69) is 0 Å². The molecule has 0 bridgehead atoms. The lowest BCUT2D eigenvalue weighted by Gasteiger charge is -2.21. The second-order valence-electron chi connectivity index (χ2n) is 5.92. The Morgan fingerprint density at radius 3 is 2.16 bits per heavy atom. The van der Waals surface area contributed by atoms with Crippen LogP contribution in [0.1, 0.15) is 27.2 Å². The fourth-order valence-electron chi connectivity index (χ4n) is 1.69. The largest absolute Gasteiger partial charge is 0.491 e. The Hall–Kier alpha value is -1.10. The van der Waals surface area contributed by atoms with Crippen LogP contribution >= 0.6 is 0 Å². The first-order valence-electron chi connectivity index (χ1n) is 6.15. The summed E-state index contributed by atoms with van der Waals surface area (Å²) >= 11 is 0. The summed E-state index contributed by atoms with van der Waals surface area (Å²) < 4.78 is 41.5. The summed E-state index contributed by atoms with van der Waals surface area (Å²) in [6.07, 6.45) is 0.535. The van der Waals surface area contributed by atoms with Gasteiger partial charge in [-0.05, 0) is 36.1 Å². The molecule has 0 amide bonds. The maximum absolute atomic E-state index is 13.6. The van der Waals surface area contributed by atoms with Gasteiger partial charge in [0.2, 0.25) is 0 Å². The number of sulfone groups is 1. The van der Waals surface area contributed by atoms with Gasteiger partial charge in [-0.1, -0.05) is 20.8 Å². The minimum absolute atomic E-state index is 0.0184. The molecule has 19 heavy (non-hydrogen) atoms. The van der Waals surface area contributed by atoms with E-state index in [1.807, 2.05) is 20.8 Å². The number of ether oxygens (including phenoxy) is 1. The molecule has 1 aromatic rings. The lowest BCUT2D eigenvalue weighted by Crippen LogP contribution is -2.20. The average molecular weight is 288 g/mol. The van der Waals surface area contributed by atoms with Crippen LogP contribution in [0.5, 0.6) is 5.75 Å². The smallest absolute Gasteiger partial charge is 0.175 e. The second-order valence-corrected chi connectivity index (χ2v) is 7.93. The summed E-state index contributed by atoms with van der Waals surface area (Å²) in [6.45, 7) is 5.90. The highest BCUT2D eigenvalue weighted by molar-refractivity contribution is 7.90. The van der Waals surface area contributed by atoms with E-state index < -0.39 is 16.0 Å². The number of benzene rings is 1. The molecule has 5 heteroatoms. The van der Waals surface area contributed by atoms with Crippen LogP contribution in [-0.2, 0) is 9.84 Å². The highest BCUT2D eigenvalue weighted by Gasteiger charge is 2.18. The van der Waals surface area contributed by atoms with Crippen molar-refractivity contribution >= 4 is 9.84 Å². The molecule has 1 atom stereocenters. The predicted octanol–water partition coefficient (Wildman–Crippen LogP) is 3.24. The van der Waals surface area contributed by atoms with Crippen LogP contribution < -0.4 is 4.74 Å². The van der Waals surface area contributed by atoms with Crippen molar-refractivity contribution in [3.8, 4) is 5.75 Å². The SMILES string of the molecule is CC(C)(C)C[C@H](F)COc1ccc(S(C)(=O)=O)cc1. The van der Waals surface area contributed by atoms with E-state index in [-0.39, 0.29) is 16.9 Å². The molecule has 0 radical (unpaired) electrons. The van der Waals surface area contributed by atoms with Gasteiger partial charge in [0.1, 0.15) is 18.5 Å². The molecule has 0 fully saturated rings. The van der Waals surface area contributed by atoms with Gasteiger partial charge in [0.25, 0.3) is 0 Å². The Balaban J connectivity index is 2.55. The van der Waals surface area contributed by atoms with Crippen LogP contribution in [0.3, 0.4) is 0 Å². The van der Waals surface area contributed by atoms with Crippen LogP contribution in [0.2, 0.25) is 0 Å². The molecule has 1 aromatic carbocycles.